The van der Waals surface area contributed by atoms with Crippen LogP contribution in [0.3, 0.4) is 0 Å². The maximum Gasteiger partial charge on any atom is 0.269 e. The van der Waals surface area contributed by atoms with Crippen LogP contribution in [-0.4, -0.2) is 24.9 Å². The summed E-state index contributed by atoms with van der Waals surface area (Å²) in [5.41, 5.74) is 9.15. The molecule has 168 valence electrons. The number of carbonyl (C=O) groups is 1. The number of rotatable bonds is 5. The molecule has 2 N–H and O–H groups in total. The van der Waals surface area contributed by atoms with Crippen LogP contribution in [0.2, 0.25) is 0 Å². The molecule has 0 fully saturated rings. The summed E-state index contributed by atoms with van der Waals surface area (Å²) in [6.45, 7) is 0. The van der Waals surface area contributed by atoms with Crippen molar-refractivity contribution in [3.8, 4) is 17.6 Å². The van der Waals surface area contributed by atoms with Crippen LogP contribution in [-0.2, 0) is 4.79 Å². The highest BCUT2D eigenvalue weighted by Gasteiger charge is 2.40. The first kappa shape index (κ1) is 21.9. The summed E-state index contributed by atoms with van der Waals surface area (Å²) in [5, 5.41) is 21.1. The third-order valence-electron chi connectivity index (χ3n) is 5.97. The molecule has 0 bridgehead atoms. The quantitative estimate of drug-likeness (QED) is 0.540. The molecule has 0 amide bonds. The number of Topliss-reactive ketones (excluding diaryl/α,β-unsaturated/α-hetero) is 1. The molecule has 33 heavy (non-hydrogen) atoms. The van der Waals surface area contributed by atoms with Crippen LogP contribution in [0.25, 0.3) is 0 Å². The molecule has 1 aliphatic carbocycles. The van der Waals surface area contributed by atoms with Gasteiger partial charge in [0.1, 0.15) is 5.82 Å². The zero-order valence-corrected chi connectivity index (χ0v) is 18.2. The summed E-state index contributed by atoms with van der Waals surface area (Å²) in [6, 6.07) is 13.4. The highest BCUT2D eigenvalue weighted by molar-refractivity contribution is 6.01. The molecule has 4 rings (SSSR count). The smallest absolute Gasteiger partial charge is 0.269 e. The predicted octanol–water partition coefficient (Wildman–Crippen LogP) is 3.92. The Morgan fingerprint density at radius 1 is 1.12 bits per heavy atom. The van der Waals surface area contributed by atoms with E-state index in [0.29, 0.717) is 53.3 Å². The number of nitro groups is 1. The highest BCUT2D eigenvalue weighted by atomic mass is 16.6. The lowest BCUT2D eigenvalue weighted by atomic mass is 9.75. The van der Waals surface area contributed by atoms with E-state index in [2.05, 4.69) is 6.07 Å². The third kappa shape index (κ3) is 3.65. The van der Waals surface area contributed by atoms with E-state index in [4.69, 9.17) is 15.2 Å². The number of nitriles is 1. The molecule has 9 nitrogen and oxygen atoms in total. The molecule has 2 aromatic carbocycles. The van der Waals surface area contributed by atoms with Crippen LogP contribution in [0.15, 0.2) is 65.1 Å². The number of ketones is 1. The first-order valence-corrected chi connectivity index (χ1v) is 10.3. The van der Waals surface area contributed by atoms with E-state index in [0.717, 1.165) is 0 Å². The number of allylic oxidation sites excluding steroid dienone is 3. The van der Waals surface area contributed by atoms with Gasteiger partial charge in [0, 0.05) is 35.5 Å². The van der Waals surface area contributed by atoms with Crippen molar-refractivity contribution in [2.24, 2.45) is 5.73 Å². The molecule has 0 aromatic heterocycles. The Labute approximate surface area is 190 Å². The maximum atomic E-state index is 13.2. The number of benzene rings is 2. The van der Waals surface area contributed by atoms with Crippen molar-refractivity contribution in [3.63, 3.8) is 0 Å². The average Bonchev–Trinajstić information content (AvgIpc) is 2.83. The number of carbonyl (C=O) groups excluding carboxylic acids is 1. The Kier molecular flexibility index (Phi) is 5.75. The van der Waals surface area contributed by atoms with Gasteiger partial charge < -0.3 is 15.2 Å². The molecule has 1 aliphatic heterocycles. The van der Waals surface area contributed by atoms with E-state index < -0.39 is 10.8 Å². The summed E-state index contributed by atoms with van der Waals surface area (Å²) < 4.78 is 10.7. The van der Waals surface area contributed by atoms with Gasteiger partial charge in [0.2, 0.25) is 0 Å². The van der Waals surface area contributed by atoms with Crippen molar-refractivity contribution in [2.75, 3.05) is 19.1 Å². The van der Waals surface area contributed by atoms with Gasteiger partial charge in [-0.15, -0.1) is 0 Å². The lowest BCUT2D eigenvalue weighted by Crippen LogP contribution is -2.38. The maximum absolute atomic E-state index is 13.2. The number of nitrogens with two attached hydrogens (primary N) is 1. The van der Waals surface area contributed by atoms with E-state index in [1.807, 2.05) is 0 Å². The van der Waals surface area contributed by atoms with Crippen LogP contribution in [0.4, 0.5) is 11.4 Å². The van der Waals surface area contributed by atoms with E-state index in [1.165, 1.54) is 26.4 Å². The lowest BCUT2D eigenvalue weighted by Gasteiger charge is -2.39. The van der Waals surface area contributed by atoms with Gasteiger partial charge >= 0.3 is 0 Å². The van der Waals surface area contributed by atoms with Crippen LogP contribution in [0.5, 0.6) is 11.5 Å². The summed E-state index contributed by atoms with van der Waals surface area (Å²) in [5.74, 6) is 0.507. The summed E-state index contributed by atoms with van der Waals surface area (Å²) in [7, 11) is 3.05. The van der Waals surface area contributed by atoms with E-state index in [-0.39, 0.29) is 22.9 Å². The van der Waals surface area contributed by atoms with E-state index in [9.17, 15) is 20.2 Å². The SMILES string of the molecule is COc1ccc([C@@H]2C(C#N)=C(N)N(c3ccc([N+](=O)[O-])cc3)C3=C2C(=O)CCC3)cc1OC. The number of non-ortho nitro benzene ring substituents is 1. The van der Waals surface area contributed by atoms with Gasteiger partial charge in [-0.25, -0.2) is 0 Å². The Hall–Kier alpha value is -4.32. The van der Waals surface area contributed by atoms with Crippen LogP contribution in [0.1, 0.15) is 30.7 Å². The molecule has 0 radical (unpaired) electrons. The Morgan fingerprint density at radius 2 is 1.82 bits per heavy atom. The molecule has 2 aliphatic rings. The Balaban J connectivity index is 1.92. The lowest BCUT2D eigenvalue weighted by molar-refractivity contribution is -0.384. The molecular formula is C24H22N4O5. The first-order valence-electron chi connectivity index (χ1n) is 10.3. The minimum Gasteiger partial charge on any atom is -0.493 e. The van der Waals surface area contributed by atoms with Crippen molar-refractivity contribution in [2.45, 2.75) is 25.2 Å². The summed E-state index contributed by atoms with van der Waals surface area (Å²) in [4.78, 5) is 25.4. The fourth-order valence-corrected chi connectivity index (χ4v) is 4.47. The number of nitrogens with zero attached hydrogens (tertiary/aromatic N) is 3. The summed E-state index contributed by atoms with van der Waals surface area (Å²) >= 11 is 0. The molecular weight excluding hydrogens is 424 g/mol. The molecule has 2 aromatic rings. The average molecular weight is 446 g/mol. The second-order valence-corrected chi connectivity index (χ2v) is 7.70. The Bertz CT molecular complexity index is 1240. The van der Waals surface area contributed by atoms with Crippen molar-refractivity contribution in [3.05, 3.63) is 80.8 Å². The van der Waals surface area contributed by atoms with Gasteiger partial charge in [0.15, 0.2) is 17.3 Å². The first-order chi connectivity index (χ1) is 15.9. The number of hydrogen-bond donors (Lipinski definition) is 1. The minimum absolute atomic E-state index is 0.0526. The van der Waals surface area contributed by atoms with E-state index in [1.54, 1.807) is 35.2 Å². The molecule has 1 atom stereocenters. The summed E-state index contributed by atoms with van der Waals surface area (Å²) in [6.07, 6.45) is 1.60. The molecule has 0 unspecified atom stereocenters. The number of methoxy groups -OCH3 is 2. The fraction of sp³-hybridized carbons (Fsp3) is 0.250. The Morgan fingerprint density at radius 3 is 2.42 bits per heavy atom. The minimum atomic E-state index is -0.646. The molecule has 0 saturated carbocycles. The number of nitro benzene ring substituents is 1. The highest BCUT2D eigenvalue weighted by Crippen LogP contribution is 2.47. The molecule has 0 saturated heterocycles. The van der Waals surface area contributed by atoms with Gasteiger partial charge in [-0.2, -0.15) is 5.26 Å². The van der Waals surface area contributed by atoms with Crippen LogP contribution >= 0.6 is 0 Å². The normalized spacial score (nSPS) is 18.0. The largest absolute Gasteiger partial charge is 0.493 e. The van der Waals surface area contributed by atoms with Gasteiger partial charge in [0.05, 0.1) is 36.7 Å². The zero-order valence-electron chi connectivity index (χ0n) is 18.2. The molecule has 1 heterocycles. The molecule has 0 spiro atoms. The monoisotopic (exact) mass is 446 g/mol. The van der Waals surface area contributed by atoms with Crippen LogP contribution in [0, 0.1) is 21.4 Å². The van der Waals surface area contributed by atoms with Crippen molar-refractivity contribution < 1.29 is 19.2 Å². The second kappa shape index (κ2) is 8.67. The van der Waals surface area contributed by atoms with Crippen molar-refractivity contribution in [1.82, 2.24) is 0 Å². The van der Waals surface area contributed by atoms with Gasteiger partial charge in [-0.1, -0.05) is 6.07 Å². The predicted molar refractivity (Wildman–Crippen MR) is 121 cm³/mol. The van der Waals surface area contributed by atoms with Crippen LogP contribution < -0.4 is 20.1 Å². The van der Waals surface area contributed by atoms with Crippen molar-refractivity contribution >= 4 is 17.2 Å². The topological polar surface area (TPSA) is 132 Å². The second-order valence-electron chi connectivity index (χ2n) is 7.70. The number of ether oxygens (including phenoxy) is 2. The third-order valence-corrected chi connectivity index (χ3v) is 5.97. The molecule has 9 heteroatoms. The standard InChI is InChI=1S/C24H22N4O5/c1-32-20-11-6-14(12-21(20)33-2)22-17(13-25)24(26)27(18-4-3-5-19(29)23(18)22)15-7-9-16(10-8-15)28(30)31/h6-12,22H,3-5,26H2,1-2H3/t22-/m1/s1. The zero-order chi connectivity index (χ0) is 23.7. The number of anilines is 1. The van der Waals surface area contributed by atoms with Gasteiger partial charge in [0.25, 0.3) is 5.69 Å². The number of hydrogen-bond acceptors (Lipinski definition) is 8. The van der Waals surface area contributed by atoms with E-state index >= 15 is 0 Å². The van der Waals surface area contributed by atoms with Crippen molar-refractivity contribution in [1.29, 1.82) is 5.26 Å². The van der Waals surface area contributed by atoms with Gasteiger partial charge in [-0.05, 0) is 42.7 Å². The fourth-order valence-electron chi connectivity index (χ4n) is 4.47. The van der Waals surface area contributed by atoms with Gasteiger partial charge in [-0.3, -0.25) is 19.8 Å².